The number of fused-ring (bicyclic) bond motifs is 21. The Morgan fingerprint density at radius 1 is 0.359 bits per heavy atom. The van der Waals surface area contributed by atoms with Crippen molar-refractivity contribution in [2.75, 3.05) is 0 Å². The van der Waals surface area contributed by atoms with E-state index in [4.69, 9.17) is 0 Å². The van der Waals surface area contributed by atoms with Gasteiger partial charge >= 0.3 is 0 Å². The van der Waals surface area contributed by atoms with E-state index in [1.54, 1.807) is 0 Å². The molecule has 0 aliphatic heterocycles. The van der Waals surface area contributed by atoms with Crippen molar-refractivity contribution < 1.29 is 0 Å². The van der Waals surface area contributed by atoms with Gasteiger partial charge in [-0.2, -0.15) is 0 Å². The van der Waals surface area contributed by atoms with Crippen LogP contribution in [0.1, 0.15) is 54.2 Å². The molecule has 0 heteroatoms. The molecule has 0 N–H and O–H groups in total. The second kappa shape index (κ2) is 16.8. The molecule has 0 saturated heterocycles. The second-order valence-electron chi connectivity index (χ2n) is 23.0. The Morgan fingerprint density at radius 3 is 1.03 bits per heavy atom. The summed E-state index contributed by atoms with van der Waals surface area (Å²) in [4.78, 5) is 0. The van der Waals surface area contributed by atoms with Gasteiger partial charge in [-0.3, -0.25) is 0 Å². The summed E-state index contributed by atoms with van der Waals surface area (Å²) in [5, 5.41) is 15.2. The topological polar surface area (TPSA) is 0 Å². The van der Waals surface area contributed by atoms with Crippen LogP contribution in [0.5, 0.6) is 0 Å². The highest BCUT2D eigenvalue weighted by atomic mass is 14.5. The number of hydrogen-bond donors (Lipinski definition) is 0. The van der Waals surface area contributed by atoms with E-state index < -0.39 is 5.41 Å². The minimum Gasteiger partial charge on any atom is -0.0761 e. The highest BCUT2D eigenvalue weighted by molar-refractivity contribution is 6.21. The third kappa shape index (κ3) is 6.47. The smallest absolute Gasteiger partial charge is 0.0500 e. The Labute approximate surface area is 455 Å². The van der Waals surface area contributed by atoms with Crippen LogP contribution in [-0.4, -0.2) is 0 Å². The molecule has 366 valence electrons. The molecule has 0 radical (unpaired) electrons. The van der Waals surface area contributed by atoms with Gasteiger partial charge < -0.3 is 0 Å². The first kappa shape index (κ1) is 44.9. The van der Waals surface area contributed by atoms with E-state index in [1.807, 2.05) is 0 Å². The van der Waals surface area contributed by atoms with Gasteiger partial charge in [-0.15, -0.1) is 0 Å². The fraction of sp³-hybridized carbons (Fsp3) is 0.0769. The lowest BCUT2D eigenvalue weighted by molar-refractivity contribution is 0.515. The normalized spacial score (nSPS) is 15.5. The Kier molecular flexibility index (Phi) is 9.68. The van der Waals surface area contributed by atoms with E-state index in [-0.39, 0.29) is 11.3 Å². The Hall–Kier alpha value is -9.36. The quantitative estimate of drug-likeness (QED) is 0.165. The molecule has 0 fully saturated rings. The van der Waals surface area contributed by atoms with Crippen LogP contribution in [0.15, 0.2) is 278 Å². The van der Waals surface area contributed by atoms with Crippen molar-refractivity contribution in [3.8, 4) is 33.4 Å². The van der Waals surface area contributed by atoms with Crippen LogP contribution in [0.25, 0.3) is 109 Å². The third-order valence-electron chi connectivity index (χ3n) is 17.9. The van der Waals surface area contributed by atoms with Gasteiger partial charge in [0, 0.05) is 5.92 Å². The summed E-state index contributed by atoms with van der Waals surface area (Å²) in [5.74, 6) is -0.0604. The highest BCUT2D eigenvalue weighted by Gasteiger charge is 2.48. The summed E-state index contributed by atoms with van der Waals surface area (Å²) in [7, 11) is 0. The van der Waals surface area contributed by atoms with Gasteiger partial charge in [-0.05, 0) is 171 Å². The molecule has 1 atom stereocenters. The van der Waals surface area contributed by atoms with Gasteiger partial charge in [-0.25, -0.2) is 0 Å². The Bertz CT molecular complexity index is 4370. The minimum atomic E-state index is -0.662. The van der Waals surface area contributed by atoms with Crippen molar-refractivity contribution in [3.63, 3.8) is 0 Å². The molecule has 0 amide bonds. The molecular weight excluding hydrogens is 937 g/mol. The summed E-state index contributed by atoms with van der Waals surface area (Å²) >= 11 is 0. The zero-order chi connectivity index (χ0) is 51.9. The molecule has 12 aromatic rings. The van der Waals surface area contributed by atoms with Crippen molar-refractivity contribution in [2.45, 2.75) is 26.2 Å². The molecule has 0 spiro atoms. The maximum Gasteiger partial charge on any atom is 0.0500 e. The van der Waals surface area contributed by atoms with Gasteiger partial charge in [0.25, 0.3) is 0 Å². The molecular formula is C78H54. The van der Waals surface area contributed by atoms with Crippen molar-refractivity contribution in [1.82, 2.24) is 0 Å². The minimum absolute atomic E-state index is 0.0359. The predicted molar refractivity (Wildman–Crippen MR) is 333 cm³/mol. The zero-order valence-electron chi connectivity index (χ0n) is 44.0. The standard InChI is InChI=1S/C78H54/c1-77(2,3)55-23-16-24-56(38-37-55)78(69-43-35-53-21-8-14-29-61(53)75(69)76-62-30-15-9-22-54(62)36-44-70(76)78)47-48(45-67-63-39-31-49-17-4-10-25-57(49)71(63)72-58-26-11-5-18-50(58)32-40-64(67)72)46-68-65-41-33-51-19-6-12-27-59(51)73(65)74-60-28-13-7-20-52(60)34-42-66(68)74/h4-47,56H,1-3H3. The van der Waals surface area contributed by atoms with Crippen LogP contribution < -0.4 is 0 Å². The largest absolute Gasteiger partial charge is 0.0761 e. The lowest BCUT2D eigenvalue weighted by Gasteiger charge is -2.35. The lowest BCUT2D eigenvalue weighted by atomic mass is 9.66. The summed E-state index contributed by atoms with van der Waals surface area (Å²) < 4.78 is 0. The van der Waals surface area contributed by atoms with E-state index in [2.05, 4.69) is 288 Å². The van der Waals surface area contributed by atoms with Crippen LogP contribution >= 0.6 is 0 Å². The summed E-state index contributed by atoms with van der Waals surface area (Å²) in [5.41, 5.74) is 19.9. The second-order valence-corrected chi connectivity index (χ2v) is 23.0. The maximum absolute atomic E-state index is 2.71. The van der Waals surface area contributed by atoms with Crippen LogP contribution in [0.4, 0.5) is 0 Å². The fourth-order valence-corrected chi connectivity index (χ4v) is 14.3. The molecule has 0 aromatic heterocycles. The average Bonchev–Trinajstić information content (AvgIpc) is 4.18. The zero-order valence-corrected chi connectivity index (χ0v) is 44.0. The molecule has 0 nitrogen and oxygen atoms in total. The van der Waals surface area contributed by atoms with Crippen LogP contribution in [0, 0.1) is 11.3 Å². The van der Waals surface area contributed by atoms with Gasteiger partial charge in [0.05, 0.1) is 5.41 Å². The summed E-state index contributed by atoms with van der Waals surface area (Å²) in [6.45, 7) is 6.99. The summed E-state index contributed by atoms with van der Waals surface area (Å²) in [6, 6.07) is 82.5. The van der Waals surface area contributed by atoms with Gasteiger partial charge in [0.2, 0.25) is 0 Å². The molecule has 0 saturated carbocycles. The van der Waals surface area contributed by atoms with E-state index in [0.717, 1.165) is 5.57 Å². The van der Waals surface area contributed by atoms with Crippen LogP contribution in [-0.2, 0) is 5.41 Å². The van der Waals surface area contributed by atoms with Crippen LogP contribution in [0.3, 0.4) is 0 Å². The number of rotatable bonds is 4. The van der Waals surface area contributed by atoms with Gasteiger partial charge in [0.15, 0.2) is 0 Å². The third-order valence-corrected chi connectivity index (χ3v) is 17.9. The van der Waals surface area contributed by atoms with E-state index in [9.17, 15) is 0 Å². The van der Waals surface area contributed by atoms with Gasteiger partial charge in [0.1, 0.15) is 0 Å². The van der Waals surface area contributed by atoms with Gasteiger partial charge in [-0.1, -0.05) is 276 Å². The average molecular weight is 991 g/mol. The lowest BCUT2D eigenvalue weighted by Crippen LogP contribution is -2.31. The molecule has 4 aliphatic rings. The van der Waals surface area contributed by atoms with E-state index >= 15 is 0 Å². The molecule has 4 aliphatic carbocycles. The SMILES string of the molecule is CC(C)(C)C1=CC=CC(C2(C=C(C=C3c4ccc5ccccc5c4-c4c3ccc3ccccc43)C=C3c4ccc5ccccc5c4-c4c3ccc3ccccc43)c3ccc4ccccc4c3-c3c2ccc2ccccc32)C=C1. The Morgan fingerprint density at radius 2 is 0.679 bits per heavy atom. The monoisotopic (exact) mass is 990 g/mol. The number of allylic oxidation sites excluding steroid dienone is 10. The van der Waals surface area contributed by atoms with Crippen molar-refractivity contribution >= 4 is 75.8 Å². The molecule has 0 heterocycles. The van der Waals surface area contributed by atoms with E-state index in [0.29, 0.717) is 0 Å². The molecule has 16 rings (SSSR count). The first-order chi connectivity index (χ1) is 38.3. The highest BCUT2D eigenvalue weighted by Crippen LogP contribution is 2.60. The molecule has 12 aromatic carbocycles. The molecule has 78 heavy (non-hydrogen) atoms. The van der Waals surface area contributed by atoms with Crippen molar-refractivity contribution in [1.29, 1.82) is 0 Å². The summed E-state index contributed by atoms with van der Waals surface area (Å²) in [6.07, 6.45) is 20.0. The predicted octanol–water partition coefficient (Wildman–Crippen LogP) is 20.7. The maximum atomic E-state index is 2.71. The fourth-order valence-electron chi connectivity index (χ4n) is 14.3. The van der Waals surface area contributed by atoms with Crippen LogP contribution in [0.2, 0.25) is 0 Å². The number of benzene rings is 12. The first-order valence-electron chi connectivity index (χ1n) is 27.7. The Balaban J connectivity index is 1.08. The first-order valence-corrected chi connectivity index (χ1v) is 27.7. The molecule has 1 unspecified atom stereocenters. The van der Waals surface area contributed by atoms with E-state index in [1.165, 1.54) is 148 Å². The van der Waals surface area contributed by atoms with Crippen molar-refractivity contribution in [2.24, 2.45) is 11.3 Å². The number of hydrogen-bond acceptors (Lipinski definition) is 0. The van der Waals surface area contributed by atoms with Crippen molar-refractivity contribution in [3.05, 3.63) is 312 Å². The molecule has 0 bridgehead atoms.